The number of ether oxygens (including phenoxy) is 1. The Bertz CT molecular complexity index is 792. The van der Waals surface area contributed by atoms with E-state index in [0.717, 1.165) is 10.9 Å². The summed E-state index contributed by atoms with van der Waals surface area (Å²) in [7, 11) is 1.56. The van der Waals surface area contributed by atoms with Crippen molar-refractivity contribution in [2.24, 2.45) is 0 Å². The lowest BCUT2D eigenvalue weighted by Crippen LogP contribution is -2.05. The molecule has 22 heavy (non-hydrogen) atoms. The van der Waals surface area contributed by atoms with E-state index in [4.69, 9.17) is 10.5 Å². The van der Waals surface area contributed by atoms with Crippen LogP contribution in [0, 0.1) is 0 Å². The first-order valence-corrected chi connectivity index (χ1v) is 7.20. The van der Waals surface area contributed by atoms with Crippen LogP contribution in [0.15, 0.2) is 30.5 Å². The summed E-state index contributed by atoms with van der Waals surface area (Å²) in [6, 6.07) is 8.53. The summed E-state index contributed by atoms with van der Waals surface area (Å²) in [5.74, 6) is 1.15. The minimum Gasteiger partial charge on any atom is -0.480 e. The second kappa shape index (κ2) is 5.63. The van der Waals surface area contributed by atoms with E-state index in [1.54, 1.807) is 18.0 Å². The summed E-state index contributed by atoms with van der Waals surface area (Å²) in [5.41, 5.74) is 8.89. The van der Waals surface area contributed by atoms with Gasteiger partial charge in [-0.05, 0) is 17.0 Å². The minimum absolute atomic E-state index is 0.182. The molecule has 3 rings (SSSR count). The van der Waals surface area contributed by atoms with Crippen LogP contribution in [0.5, 0.6) is 5.88 Å². The molecule has 0 aliphatic rings. The molecule has 0 radical (unpaired) electrons. The van der Waals surface area contributed by atoms with Crippen molar-refractivity contribution < 1.29 is 4.74 Å². The lowest BCUT2D eigenvalue weighted by atomic mass is 10.0. The van der Waals surface area contributed by atoms with E-state index in [0.29, 0.717) is 24.0 Å². The van der Waals surface area contributed by atoms with Gasteiger partial charge in [-0.1, -0.05) is 38.1 Å². The lowest BCUT2D eigenvalue weighted by molar-refractivity contribution is 0.403. The molecule has 0 saturated carbocycles. The van der Waals surface area contributed by atoms with Gasteiger partial charge in [0.25, 0.3) is 0 Å². The number of nitrogens with zero attached hydrogens (tertiary/aromatic N) is 4. The van der Waals surface area contributed by atoms with Gasteiger partial charge in [0.2, 0.25) is 11.8 Å². The SMILES string of the molecule is COc1nc(N)nc2c1cnn2Cc1ccc(C(C)C)cc1. The molecule has 0 aliphatic heterocycles. The zero-order valence-corrected chi connectivity index (χ0v) is 12.9. The highest BCUT2D eigenvalue weighted by Gasteiger charge is 2.12. The molecule has 0 unspecified atom stereocenters. The number of fused-ring (bicyclic) bond motifs is 1. The zero-order chi connectivity index (χ0) is 15.7. The van der Waals surface area contributed by atoms with E-state index in [-0.39, 0.29) is 5.95 Å². The number of benzene rings is 1. The van der Waals surface area contributed by atoms with Gasteiger partial charge in [0.1, 0.15) is 5.39 Å². The standard InChI is InChI=1S/C16H19N5O/c1-10(2)12-6-4-11(5-7-12)9-21-14-13(8-18-21)15(22-3)20-16(17)19-14/h4-8,10H,9H2,1-3H3,(H2,17,19,20). The number of rotatable bonds is 4. The van der Waals surface area contributed by atoms with Crippen LogP contribution < -0.4 is 10.5 Å². The Hall–Kier alpha value is -2.63. The smallest absolute Gasteiger partial charge is 0.229 e. The van der Waals surface area contributed by atoms with Gasteiger partial charge in [-0.3, -0.25) is 0 Å². The molecule has 0 aliphatic carbocycles. The topological polar surface area (TPSA) is 78.8 Å². The minimum atomic E-state index is 0.182. The first-order valence-electron chi connectivity index (χ1n) is 7.20. The molecule has 1 aromatic carbocycles. The molecule has 3 aromatic rings. The van der Waals surface area contributed by atoms with Crippen molar-refractivity contribution in [2.45, 2.75) is 26.3 Å². The second-order valence-corrected chi connectivity index (χ2v) is 5.53. The summed E-state index contributed by atoms with van der Waals surface area (Å²) in [5, 5.41) is 5.14. The monoisotopic (exact) mass is 297 g/mol. The molecule has 0 bridgehead atoms. The van der Waals surface area contributed by atoms with Gasteiger partial charge in [0.15, 0.2) is 5.65 Å². The summed E-state index contributed by atoms with van der Waals surface area (Å²) >= 11 is 0. The highest BCUT2D eigenvalue weighted by Crippen LogP contribution is 2.23. The van der Waals surface area contributed by atoms with E-state index in [9.17, 15) is 0 Å². The predicted octanol–water partition coefficient (Wildman–Crippen LogP) is 2.59. The van der Waals surface area contributed by atoms with E-state index in [1.807, 2.05) is 0 Å². The van der Waals surface area contributed by atoms with Crippen LogP contribution >= 0.6 is 0 Å². The quantitative estimate of drug-likeness (QED) is 0.800. The van der Waals surface area contributed by atoms with Crippen LogP contribution in [0.4, 0.5) is 5.95 Å². The fraction of sp³-hybridized carbons (Fsp3) is 0.312. The first-order chi connectivity index (χ1) is 10.6. The maximum absolute atomic E-state index is 5.73. The Kier molecular flexibility index (Phi) is 3.66. The van der Waals surface area contributed by atoms with Crippen LogP contribution in [-0.2, 0) is 6.54 Å². The highest BCUT2D eigenvalue weighted by atomic mass is 16.5. The summed E-state index contributed by atoms with van der Waals surface area (Å²) in [6.45, 7) is 4.99. The van der Waals surface area contributed by atoms with Crippen molar-refractivity contribution in [3.63, 3.8) is 0 Å². The van der Waals surface area contributed by atoms with Gasteiger partial charge < -0.3 is 10.5 Å². The van der Waals surface area contributed by atoms with Gasteiger partial charge in [-0.15, -0.1) is 0 Å². The van der Waals surface area contributed by atoms with Gasteiger partial charge in [-0.25, -0.2) is 4.68 Å². The van der Waals surface area contributed by atoms with Crippen molar-refractivity contribution >= 4 is 17.0 Å². The molecular formula is C16H19N5O. The Balaban J connectivity index is 1.95. The summed E-state index contributed by atoms with van der Waals surface area (Å²) in [6.07, 6.45) is 1.70. The van der Waals surface area contributed by atoms with Gasteiger partial charge in [0, 0.05) is 0 Å². The molecule has 6 heteroatoms. The fourth-order valence-corrected chi connectivity index (χ4v) is 2.40. The van der Waals surface area contributed by atoms with Gasteiger partial charge in [0.05, 0.1) is 19.9 Å². The number of nitrogens with two attached hydrogens (primary N) is 1. The van der Waals surface area contributed by atoms with Crippen molar-refractivity contribution in [1.82, 2.24) is 19.7 Å². The van der Waals surface area contributed by atoms with E-state index in [1.165, 1.54) is 5.56 Å². The molecule has 0 amide bonds. The molecule has 0 atom stereocenters. The number of nitrogen functional groups attached to an aromatic ring is 1. The molecule has 0 saturated heterocycles. The Morgan fingerprint density at radius 2 is 1.91 bits per heavy atom. The average Bonchev–Trinajstić information content (AvgIpc) is 2.90. The van der Waals surface area contributed by atoms with E-state index in [2.05, 4.69) is 53.2 Å². The van der Waals surface area contributed by atoms with Crippen LogP contribution in [-0.4, -0.2) is 26.9 Å². The first kappa shape index (κ1) is 14.3. The molecular weight excluding hydrogens is 278 g/mol. The van der Waals surface area contributed by atoms with Crippen LogP contribution in [0.2, 0.25) is 0 Å². The summed E-state index contributed by atoms with van der Waals surface area (Å²) < 4.78 is 7.04. The second-order valence-electron chi connectivity index (χ2n) is 5.53. The Morgan fingerprint density at radius 3 is 2.55 bits per heavy atom. The normalized spacial score (nSPS) is 11.3. The number of anilines is 1. The third-order valence-electron chi connectivity index (χ3n) is 3.65. The highest BCUT2D eigenvalue weighted by molar-refractivity contribution is 5.81. The third kappa shape index (κ3) is 2.59. The van der Waals surface area contributed by atoms with Crippen LogP contribution in [0.1, 0.15) is 30.9 Å². The van der Waals surface area contributed by atoms with E-state index >= 15 is 0 Å². The Labute approximate surface area is 128 Å². The molecule has 6 nitrogen and oxygen atoms in total. The zero-order valence-electron chi connectivity index (χ0n) is 12.9. The number of hydrogen-bond donors (Lipinski definition) is 1. The Morgan fingerprint density at radius 1 is 1.18 bits per heavy atom. The maximum atomic E-state index is 5.73. The van der Waals surface area contributed by atoms with Crippen LogP contribution in [0.25, 0.3) is 11.0 Å². The molecule has 114 valence electrons. The van der Waals surface area contributed by atoms with Crippen molar-refractivity contribution in [3.05, 3.63) is 41.6 Å². The number of methoxy groups -OCH3 is 1. The van der Waals surface area contributed by atoms with Crippen molar-refractivity contribution in [2.75, 3.05) is 12.8 Å². The molecule has 2 heterocycles. The van der Waals surface area contributed by atoms with Gasteiger partial charge in [-0.2, -0.15) is 15.1 Å². The predicted molar refractivity (Wildman–Crippen MR) is 85.9 cm³/mol. The third-order valence-corrected chi connectivity index (χ3v) is 3.65. The average molecular weight is 297 g/mol. The van der Waals surface area contributed by atoms with Crippen LogP contribution in [0.3, 0.4) is 0 Å². The fourth-order valence-electron chi connectivity index (χ4n) is 2.40. The molecule has 2 aromatic heterocycles. The summed E-state index contributed by atoms with van der Waals surface area (Å²) in [4.78, 5) is 8.34. The van der Waals surface area contributed by atoms with Crippen molar-refractivity contribution in [3.8, 4) is 5.88 Å². The number of aromatic nitrogens is 4. The molecule has 0 spiro atoms. The molecule has 0 fully saturated rings. The van der Waals surface area contributed by atoms with E-state index < -0.39 is 0 Å². The lowest BCUT2D eigenvalue weighted by Gasteiger charge is -2.08. The number of hydrogen-bond acceptors (Lipinski definition) is 5. The largest absolute Gasteiger partial charge is 0.480 e. The maximum Gasteiger partial charge on any atom is 0.229 e. The van der Waals surface area contributed by atoms with Gasteiger partial charge >= 0.3 is 0 Å². The van der Waals surface area contributed by atoms with Crippen molar-refractivity contribution in [1.29, 1.82) is 0 Å². The molecule has 2 N–H and O–H groups in total.